The molecule has 37 heavy (non-hydrogen) atoms. The zero-order valence-electron chi connectivity index (χ0n) is 20.5. The average Bonchev–Trinajstić information content (AvgIpc) is 3.20. The third kappa shape index (κ3) is 4.56. The summed E-state index contributed by atoms with van der Waals surface area (Å²) in [4.78, 5) is 28.5. The van der Waals surface area contributed by atoms with Gasteiger partial charge in [-0.1, -0.05) is 25.1 Å². The first-order valence-corrected chi connectivity index (χ1v) is 11.6. The summed E-state index contributed by atoms with van der Waals surface area (Å²) in [7, 11) is 1.86. The van der Waals surface area contributed by atoms with Gasteiger partial charge < -0.3 is 20.4 Å². The summed E-state index contributed by atoms with van der Waals surface area (Å²) < 4.78 is 22.7. The minimum absolute atomic E-state index is 0.00497. The minimum Gasteiger partial charge on any atom is -0.421 e. The van der Waals surface area contributed by atoms with Crippen LogP contribution < -0.4 is 15.8 Å². The molecular weight excluding hydrogens is 473 g/mol. The molecule has 0 unspecified atom stereocenters. The summed E-state index contributed by atoms with van der Waals surface area (Å²) in [6, 6.07) is 12.1. The lowest BCUT2D eigenvalue weighted by Gasteiger charge is -2.11. The number of fused-ring (bicyclic) bond motifs is 1. The van der Waals surface area contributed by atoms with Gasteiger partial charge in [0, 0.05) is 37.1 Å². The third-order valence-electron chi connectivity index (χ3n) is 5.94. The minimum atomic E-state index is -0.585. The number of carbonyl (C=O) groups is 1. The van der Waals surface area contributed by atoms with Crippen molar-refractivity contribution in [2.45, 2.75) is 20.3 Å². The maximum atomic E-state index is 15.3. The first-order chi connectivity index (χ1) is 17.9. The predicted molar refractivity (Wildman–Crippen MR) is 140 cm³/mol. The Balaban J connectivity index is 1.61. The first-order valence-electron chi connectivity index (χ1n) is 11.6. The lowest BCUT2D eigenvalue weighted by Crippen LogP contribution is -2.09. The number of nitrogens with two attached hydrogens (primary N) is 1. The van der Waals surface area contributed by atoms with Crippen molar-refractivity contribution >= 4 is 28.4 Å². The zero-order chi connectivity index (χ0) is 26.1. The van der Waals surface area contributed by atoms with E-state index in [-0.39, 0.29) is 23.5 Å². The van der Waals surface area contributed by atoms with Crippen molar-refractivity contribution in [2.75, 3.05) is 11.1 Å². The molecule has 3 aromatic heterocycles. The number of nitrogens with one attached hydrogen (secondary N) is 1. The zero-order valence-corrected chi connectivity index (χ0v) is 20.5. The number of aryl methyl sites for hydroxylation is 2. The average molecular weight is 498 g/mol. The Labute approximate surface area is 212 Å². The van der Waals surface area contributed by atoms with Gasteiger partial charge in [0.1, 0.15) is 17.8 Å². The fourth-order valence-corrected chi connectivity index (χ4v) is 4.13. The van der Waals surface area contributed by atoms with E-state index in [9.17, 15) is 4.79 Å². The summed E-state index contributed by atoms with van der Waals surface area (Å²) in [5, 5.41) is 3.45. The van der Waals surface area contributed by atoms with Crippen molar-refractivity contribution < 1.29 is 13.9 Å². The molecule has 9 nitrogen and oxygen atoms in total. The Hall–Kier alpha value is -4.86. The van der Waals surface area contributed by atoms with Gasteiger partial charge in [-0.05, 0) is 47.9 Å². The quantitative estimate of drug-likeness (QED) is 0.328. The molecule has 0 bridgehead atoms. The van der Waals surface area contributed by atoms with Gasteiger partial charge in [-0.15, -0.1) is 0 Å². The SMILES string of the molecule is CCC(=O)Nc1ccc(-c2c(-c3ccc(Oc4ncc(C)cn4)c(F)c3)c3c(N)ncnc3n2C)cc1. The molecule has 3 heterocycles. The van der Waals surface area contributed by atoms with Gasteiger partial charge in [-0.2, -0.15) is 0 Å². The van der Waals surface area contributed by atoms with Gasteiger partial charge in [0.05, 0.1) is 11.1 Å². The van der Waals surface area contributed by atoms with Gasteiger partial charge in [-0.3, -0.25) is 4.79 Å². The molecule has 0 saturated heterocycles. The highest BCUT2D eigenvalue weighted by Gasteiger charge is 2.23. The molecule has 0 aliphatic heterocycles. The number of anilines is 2. The molecule has 0 aliphatic rings. The number of hydrogen-bond acceptors (Lipinski definition) is 7. The van der Waals surface area contributed by atoms with Crippen molar-refractivity contribution in [1.29, 1.82) is 0 Å². The molecule has 0 aliphatic carbocycles. The fourth-order valence-electron chi connectivity index (χ4n) is 4.13. The number of nitrogen functional groups attached to an aromatic ring is 1. The molecule has 3 N–H and O–H groups in total. The molecule has 1 amide bonds. The van der Waals surface area contributed by atoms with Crippen LogP contribution in [-0.2, 0) is 11.8 Å². The Bertz CT molecular complexity index is 1610. The largest absolute Gasteiger partial charge is 0.421 e. The second kappa shape index (κ2) is 9.65. The van der Waals surface area contributed by atoms with E-state index in [1.165, 1.54) is 18.5 Å². The topological polar surface area (TPSA) is 121 Å². The van der Waals surface area contributed by atoms with Gasteiger partial charge in [-0.25, -0.2) is 24.3 Å². The number of nitrogens with zero attached hydrogens (tertiary/aromatic N) is 5. The number of amides is 1. The molecule has 0 fully saturated rings. The molecular formula is C27H24FN7O2. The number of carbonyl (C=O) groups excluding carboxylic acids is 1. The van der Waals surface area contributed by atoms with Crippen LogP contribution in [-0.4, -0.2) is 30.4 Å². The highest BCUT2D eigenvalue weighted by molar-refractivity contribution is 6.07. The Kier molecular flexibility index (Phi) is 6.22. The van der Waals surface area contributed by atoms with Crippen molar-refractivity contribution in [3.63, 3.8) is 0 Å². The number of halogens is 1. The van der Waals surface area contributed by atoms with Crippen LogP contribution in [0.4, 0.5) is 15.9 Å². The van der Waals surface area contributed by atoms with Gasteiger partial charge in [0.25, 0.3) is 0 Å². The lowest BCUT2D eigenvalue weighted by molar-refractivity contribution is -0.115. The van der Waals surface area contributed by atoms with E-state index in [0.717, 1.165) is 16.8 Å². The molecule has 5 aromatic rings. The predicted octanol–water partition coefficient (Wildman–Crippen LogP) is 5.26. The van der Waals surface area contributed by atoms with Crippen molar-refractivity contribution in [3.8, 4) is 34.1 Å². The third-order valence-corrected chi connectivity index (χ3v) is 5.94. The number of benzene rings is 2. The van der Waals surface area contributed by atoms with Crippen molar-refractivity contribution in [1.82, 2.24) is 24.5 Å². The molecule has 2 aromatic carbocycles. The molecule has 0 radical (unpaired) electrons. The molecule has 186 valence electrons. The van der Waals surface area contributed by atoms with Gasteiger partial charge in [0.15, 0.2) is 11.6 Å². The first kappa shape index (κ1) is 23.9. The highest BCUT2D eigenvalue weighted by atomic mass is 19.1. The molecule has 0 atom stereocenters. The summed E-state index contributed by atoms with van der Waals surface area (Å²) in [5.74, 6) is -0.385. The molecule has 0 saturated carbocycles. The van der Waals surface area contributed by atoms with Crippen LogP contribution in [0.5, 0.6) is 11.8 Å². The van der Waals surface area contributed by atoms with E-state index < -0.39 is 5.82 Å². The highest BCUT2D eigenvalue weighted by Crippen LogP contribution is 2.42. The summed E-state index contributed by atoms with van der Waals surface area (Å²) in [6.07, 6.45) is 4.97. The van der Waals surface area contributed by atoms with E-state index >= 15 is 4.39 Å². The number of ether oxygens (including phenoxy) is 1. The van der Waals surface area contributed by atoms with Crippen LogP contribution in [0.2, 0.25) is 0 Å². The Morgan fingerprint density at radius 2 is 1.76 bits per heavy atom. The number of aromatic nitrogens is 5. The lowest BCUT2D eigenvalue weighted by atomic mass is 9.98. The standard InChI is InChI=1S/C27H24FN7O2/c1-4-21(36)34-18-8-5-16(6-9-18)24-22(23-25(29)32-14-33-26(23)35(24)3)17-7-10-20(19(28)11-17)37-27-30-12-15(2)13-31-27/h5-14H,4H2,1-3H3,(H,34,36)(H2,29,32,33). The molecule has 5 rings (SSSR count). The van der Waals surface area contributed by atoms with Crippen LogP contribution in [0.3, 0.4) is 0 Å². The number of rotatable bonds is 6. The van der Waals surface area contributed by atoms with E-state index in [2.05, 4.69) is 25.3 Å². The van der Waals surface area contributed by atoms with Crippen LogP contribution in [0.1, 0.15) is 18.9 Å². The monoisotopic (exact) mass is 497 g/mol. The summed E-state index contributed by atoms with van der Waals surface area (Å²) in [5.41, 5.74) is 11.3. The molecule has 0 spiro atoms. The van der Waals surface area contributed by atoms with Crippen LogP contribution in [0.15, 0.2) is 61.2 Å². The maximum Gasteiger partial charge on any atom is 0.321 e. The number of hydrogen-bond donors (Lipinski definition) is 2. The Morgan fingerprint density at radius 1 is 1.05 bits per heavy atom. The van der Waals surface area contributed by atoms with Crippen LogP contribution >= 0.6 is 0 Å². The smallest absolute Gasteiger partial charge is 0.321 e. The molecule has 10 heteroatoms. The second-order valence-corrected chi connectivity index (χ2v) is 8.51. The van der Waals surface area contributed by atoms with E-state index in [0.29, 0.717) is 34.3 Å². The fraction of sp³-hybridized carbons (Fsp3) is 0.148. The summed E-state index contributed by atoms with van der Waals surface area (Å²) >= 11 is 0. The second-order valence-electron chi connectivity index (χ2n) is 8.51. The van der Waals surface area contributed by atoms with Crippen LogP contribution in [0.25, 0.3) is 33.4 Å². The Morgan fingerprint density at radius 3 is 2.43 bits per heavy atom. The van der Waals surface area contributed by atoms with Gasteiger partial charge in [0.2, 0.25) is 5.91 Å². The van der Waals surface area contributed by atoms with E-state index in [1.807, 2.05) is 42.8 Å². The van der Waals surface area contributed by atoms with Crippen LogP contribution in [0, 0.1) is 12.7 Å². The summed E-state index contributed by atoms with van der Waals surface area (Å²) in [6.45, 7) is 3.64. The van der Waals surface area contributed by atoms with E-state index in [4.69, 9.17) is 10.5 Å². The normalized spacial score (nSPS) is 11.0. The maximum absolute atomic E-state index is 15.3. The van der Waals surface area contributed by atoms with E-state index in [1.54, 1.807) is 25.4 Å². The van der Waals surface area contributed by atoms with Crippen molar-refractivity contribution in [2.24, 2.45) is 7.05 Å². The van der Waals surface area contributed by atoms with Crippen molar-refractivity contribution in [3.05, 3.63) is 72.6 Å². The van der Waals surface area contributed by atoms with Gasteiger partial charge >= 0.3 is 6.01 Å².